The lowest BCUT2D eigenvalue weighted by Gasteiger charge is -2.33. The molecule has 0 bridgehead atoms. The second-order valence-electron chi connectivity index (χ2n) is 5.72. The van der Waals surface area contributed by atoms with Crippen LogP contribution in [0.3, 0.4) is 0 Å². The molecule has 0 saturated heterocycles. The number of aliphatic carboxylic acids is 1. The molecule has 1 aliphatic heterocycles. The van der Waals surface area contributed by atoms with Crippen LogP contribution in [0.15, 0.2) is 36.5 Å². The van der Waals surface area contributed by atoms with E-state index >= 15 is 0 Å². The number of anilines is 1. The van der Waals surface area contributed by atoms with Crippen molar-refractivity contribution in [2.45, 2.75) is 18.6 Å². The molecule has 2 atom stereocenters. The number of aromatic nitrogens is 1. The van der Waals surface area contributed by atoms with Gasteiger partial charge in [-0.1, -0.05) is 11.6 Å². The first kappa shape index (κ1) is 18.1. The van der Waals surface area contributed by atoms with Crippen molar-refractivity contribution in [3.05, 3.63) is 52.3 Å². The fraction of sp³-hybridized carbons (Fsp3) is 0.250. The van der Waals surface area contributed by atoms with Crippen LogP contribution in [-0.4, -0.2) is 23.3 Å². The van der Waals surface area contributed by atoms with E-state index in [1.807, 2.05) is 0 Å². The minimum absolute atomic E-state index is 0.0246. The quantitative estimate of drug-likeness (QED) is 0.622. The highest BCUT2D eigenvalue weighted by molar-refractivity contribution is 6.32. The van der Waals surface area contributed by atoms with Gasteiger partial charge in [-0.3, -0.25) is 4.79 Å². The van der Waals surface area contributed by atoms with Gasteiger partial charge >= 0.3 is 18.0 Å². The Labute approximate surface area is 150 Å². The van der Waals surface area contributed by atoms with Gasteiger partial charge < -0.3 is 20.4 Å². The molecule has 26 heavy (non-hydrogen) atoms. The minimum Gasteiger partial charge on any atom is -0.616 e. The predicted molar refractivity (Wildman–Crippen MR) is 85.2 cm³/mol. The van der Waals surface area contributed by atoms with Crippen LogP contribution in [0.25, 0.3) is 0 Å². The maximum Gasteiger partial charge on any atom is 0.409 e. The predicted octanol–water partition coefficient (Wildman–Crippen LogP) is 3.37. The Morgan fingerprint density at radius 2 is 2.12 bits per heavy atom. The molecular weight excluding hydrogens is 377 g/mol. The van der Waals surface area contributed by atoms with E-state index in [0.29, 0.717) is 10.3 Å². The number of fused-ring (bicyclic) bond motifs is 1. The van der Waals surface area contributed by atoms with Gasteiger partial charge in [0.15, 0.2) is 11.9 Å². The monoisotopic (exact) mass is 388 g/mol. The lowest BCUT2D eigenvalue weighted by atomic mass is 9.86. The summed E-state index contributed by atoms with van der Waals surface area (Å²) in [6.45, 7) is 0. The Balaban J connectivity index is 1.97. The number of hydrogen-bond donors (Lipinski definition) is 2. The van der Waals surface area contributed by atoms with E-state index in [0.717, 1.165) is 0 Å². The van der Waals surface area contributed by atoms with Crippen LogP contribution in [0.1, 0.15) is 5.56 Å². The van der Waals surface area contributed by atoms with Gasteiger partial charge in [-0.25, -0.2) is 0 Å². The number of nitrogens with zero attached hydrogens (tertiary/aromatic N) is 1. The first-order valence-electron chi connectivity index (χ1n) is 7.41. The number of pyridine rings is 1. The zero-order chi connectivity index (χ0) is 19.1. The summed E-state index contributed by atoms with van der Waals surface area (Å²) in [7, 11) is 0. The third-order valence-electron chi connectivity index (χ3n) is 3.98. The number of ether oxygens (including phenoxy) is 1. The van der Waals surface area contributed by atoms with Crippen molar-refractivity contribution >= 4 is 23.3 Å². The highest BCUT2D eigenvalue weighted by Crippen LogP contribution is 2.41. The zero-order valence-corrected chi connectivity index (χ0v) is 13.7. The van der Waals surface area contributed by atoms with Crippen molar-refractivity contribution < 1.29 is 32.5 Å². The fourth-order valence-electron chi connectivity index (χ4n) is 2.74. The van der Waals surface area contributed by atoms with Gasteiger partial charge in [0.25, 0.3) is 0 Å². The molecule has 1 aliphatic rings. The van der Waals surface area contributed by atoms with Gasteiger partial charge in [0.2, 0.25) is 0 Å². The van der Waals surface area contributed by atoms with E-state index < -0.39 is 24.1 Å². The number of benzene rings is 1. The Bertz CT molecular complexity index is 860. The Kier molecular flexibility index (Phi) is 4.57. The molecule has 2 aromatic rings. The van der Waals surface area contributed by atoms with Crippen molar-refractivity contribution in [2.24, 2.45) is 5.92 Å². The lowest BCUT2D eigenvalue weighted by molar-refractivity contribution is -0.611. The highest BCUT2D eigenvalue weighted by atomic mass is 35.5. The summed E-state index contributed by atoms with van der Waals surface area (Å²) < 4.78 is 45.4. The molecular formula is C16H12ClF3N2O4. The zero-order valence-electron chi connectivity index (χ0n) is 13.0. The van der Waals surface area contributed by atoms with E-state index in [-0.39, 0.29) is 28.8 Å². The highest BCUT2D eigenvalue weighted by Gasteiger charge is 2.50. The molecule has 2 heterocycles. The molecule has 138 valence electrons. The van der Waals surface area contributed by atoms with Crippen LogP contribution in [0.4, 0.5) is 18.9 Å². The molecule has 1 aromatic heterocycles. The van der Waals surface area contributed by atoms with Crippen LogP contribution in [0.5, 0.6) is 11.6 Å². The number of alkyl halides is 3. The van der Waals surface area contributed by atoms with Gasteiger partial charge in [0, 0.05) is 17.8 Å². The van der Waals surface area contributed by atoms with E-state index in [1.54, 1.807) is 6.07 Å². The summed E-state index contributed by atoms with van der Waals surface area (Å²) in [6, 6.07) is 4.71. The smallest absolute Gasteiger partial charge is 0.409 e. The molecule has 2 unspecified atom stereocenters. The van der Waals surface area contributed by atoms with Crippen molar-refractivity contribution in [1.29, 1.82) is 0 Å². The first-order chi connectivity index (χ1) is 12.2. The molecule has 0 radical (unpaired) electrons. The van der Waals surface area contributed by atoms with E-state index in [1.165, 1.54) is 30.5 Å². The van der Waals surface area contributed by atoms with Crippen molar-refractivity contribution in [3.8, 4) is 11.6 Å². The number of nitrogens with one attached hydrogen (secondary N) is 1. The maximum atomic E-state index is 13.2. The number of carboxylic acid groups (broad SMARTS) is 1. The molecule has 6 nitrogen and oxygen atoms in total. The first-order valence-corrected chi connectivity index (χ1v) is 7.79. The normalized spacial score (nSPS) is 19.4. The topological polar surface area (TPSA) is 85.5 Å². The molecule has 3 rings (SSSR count). The molecule has 10 heteroatoms. The van der Waals surface area contributed by atoms with E-state index in [9.17, 15) is 23.2 Å². The summed E-state index contributed by atoms with van der Waals surface area (Å²) >= 11 is 6.08. The van der Waals surface area contributed by atoms with Crippen LogP contribution in [-0.2, 0) is 11.2 Å². The average Bonchev–Trinajstić information content (AvgIpc) is 2.55. The third kappa shape index (κ3) is 3.48. The summed E-state index contributed by atoms with van der Waals surface area (Å²) in [5.41, 5.74) is 0.371. The summed E-state index contributed by atoms with van der Waals surface area (Å²) in [5.74, 6) is -3.37. The Hall–Kier alpha value is -2.68. The summed E-state index contributed by atoms with van der Waals surface area (Å²) in [6.07, 6.45) is -3.90. The SMILES string of the molecule is O=C(O)C1Cc2cc(Cl)c(Oc3cccc[n+]3[O-])cc2NC1C(F)(F)F. The van der Waals surface area contributed by atoms with Crippen LogP contribution in [0.2, 0.25) is 5.02 Å². The van der Waals surface area contributed by atoms with E-state index in [4.69, 9.17) is 21.4 Å². The largest absolute Gasteiger partial charge is 0.616 e. The number of hydrogen-bond acceptors (Lipinski definition) is 4. The maximum absolute atomic E-state index is 13.2. The Morgan fingerprint density at radius 1 is 1.38 bits per heavy atom. The van der Waals surface area contributed by atoms with Crippen molar-refractivity contribution in [2.75, 3.05) is 5.32 Å². The molecule has 0 fully saturated rings. The van der Waals surface area contributed by atoms with E-state index in [2.05, 4.69) is 5.32 Å². The lowest BCUT2D eigenvalue weighted by Crippen LogP contribution is -2.49. The summed E-state index contributed by atoms with van der Waals surface area (Å²) in [5, 5.41) is 23.0. The van der Waals surface area contributed by atoms with Gasteiger partial charge in [-0.05, 0) is 24.1 Å². The van der Waals surface area contributed by atoms with Crippen LogP contribution >= 0.6 is 11.6 Å². The number of rotatable bonds is 3. The van der Waals surface area contributed by atoms with Gasteiger partial charge in [0.05, 0.1) is 17.0 Å². The molecule has 0 amide bonds. The minimum atomic E-state index is -4.75. The molecule has 0 saturated carbocycles. The average molecular weight is 389 g/mol. The summed E-state index contributed by atoms with van der Waals surface area (Å²) in [4.78, 5) is 11.2. The fourth-order valence-corrected chi connectivity index (χ4v) is 2.97. The second kappa shape index (κ2) is 6.56. The standard InChI is InChI=1S/C16H12ClF3N2O4/c17-10-6-8-5-9(15(23)24)14(16(18,19)20)21-11(8)7-12(10)26-13-3-1-2-4-22(13)25/h1-4,6-7,9,14,21H,5H2,(H,23,24). The number of carboxylic acids is 1. The molecule has 0 spiro atoms. The Morgan fingerprint density at radius 3 is 2.73 bits per heavy atom. The van der Waals surface area contributed by atoms with Crippen molar-refractivity contribution in [3.63, 3.8) is 0 Å². The van der Waals surface area contributed by atoms with Gasteiger partial charge in [-0.2, -0.15) is 13.2 Å². The molecule has 1 aromatic carbocycles. The second-order valence-corrected chi connectivity index (χ2v) is 6.13. The molecule has 2 N–H and O–H groups in total. The van der Waals surface area contributed by atoms with Crippen LogP contribution < -0.4 is 14.8 Å². The molecule has 0 aliphatic carbocycles. The van der Waals surface area contributed by atoms with Gasteiger partial charge in [-0.15, -0.1) is 4.73 Å². The van der Waals surface area contributed by atoms with Crippen molar-refractivity contribution in [1.82, 2.24) is 0 Å². The van der Waals surface area contributed by atoms with Gasteiger partial charge in [0.1, 0.15) is 6.04 Å². The third-order valence-corrected chi connectivity index (χ3v) is 4.28. The van der Waals surface area contributed by atoms with Crippen LogP contribution in [0, 0.1) is 11.1 Å². The number of halogens is 4. The number of carbonyl (C=O) groups is 1.